The minimum atomic E-state index is -0.904. The van der Waals surface area contributed by atoms with Crippen molar-refractivity contribution in [2.45, 2.75) is 97.4 Å². The Labute approximate surface area is 209 Å². The van der Waals surface area contributed by atoms with E-state index in [9.17, 15) is 14.4 Å². The Morgan fingerprint density at radius 1 is 1.15 bits per heavy atom. The van der Waals surface area contributed by atoms with Crippen molar-refractivity contribution in [1.82, 2.24) is 15.5 Å². The maximum atomic E-state index is 13.8. The molecule has 1 aliphatic carbocycles. The SMILES string of the molecule is CCCCCNC(=O)C(c1c(C)cccc1C)N(C(=O)C(CS)NC(=O)OC(C)(C)C)C1CC1. The van der Waals surface area contributed by atoms with Gasteiger partial charge in [0.1, 0.15) is 17.7 Å². The van der Waals surface area contributed by atoms with Crippen LogP contribution in [0.3, 0.4) is 0 Å². The highest BCUT2D eigenvalue weighted by Gasteiger charge is 2.44. The second-order valence-corrected chi connectivity index (χ2v) is 10.4. The lowest BCUT2D eigenvalue weighted by atomic mass is 9.93. The van der Waals surface area contributed by atoms with Gasteiger partial charge in [-0.3, -0.25) is 9.59 Å². The molecule has 1 fully saturated rings. The number of aryl methyl sites for hydroxylation is 2. The molecule has 0 bridgehead atoms. The molecule has 1 aromatic rings. The van der Waals surface area contributed by atoms with E-state index in [0.717, 1.165) is 48.8 Å². The fourth-order valence-electron chi connectivity index (χ4n) is 4.02. The summed E-state index contributed by atoms with van der Waals surface area (Å²) in [6.45, 7) is 11.9. The number of amides is 3. The lowest BCUT2D eigenvalue weighted by Gasteiger charge is -2.35. The van der Waals surface area contributed by atoms with E-state index in [1.165, 1.54) is 0 Å². The minimum absolute atomic E-state index is 0.0549. The molecule has 3 amide bonds. The monoisotopic (exact) mass is 491 g/mol. The first-order chi connectivity index (χ1) is 16.0. The Morgan fingerprint density at radius 2 is 1.76 bits per heavy atom. The summed E-state index contributed by atoms with van der Waals surface area (Å²) in [5.74, 6) is -0.414. The smallest absolute Gasteiger partial charge is 0.408 e. The number of ether oxygens (including phenoxy) is 1. The van der Waals surface area contributed by atoms with Crippen molar-refractivity contribution >= 4 is 30.5 Å². The molecule has 8 heteroatoms. The van der Waals surface area contributed by atoms with Gasteiger partial charge in [0.25, 0.3) is 0 Å². The Morgan fingerprint density at radius 3 is 2.26 bits per heavy atom. The predicted molar refractivity (Wildman–Crippen MR) is 138 cm³/mol. The van der Waals surface area contributed by atoms with Crippen LogP contribution in [0.1, 0.15) is 82.5 Å². The number of thiol groups is 1. The fourth-order valence-corrected chi connectivity index (χ4v) is 4.27. The molecule has 2 N–H and O–H groups in total. The number of nitrogens with zero attached hydrogens (tertiary/aromatic N) is 1. The Bertz CT molecular complexity index is 844. The molecular formula is C26H41N3O4S. The van der Waals surface area contributed by atoms with Gasteiger partial charge in [-0.05, 0) is 70.6 Å². The number of unbranched alkanes of at least 4 members (excludes halogenated alkanes) is 2. The molecule has 34 heavy (non-hydrogen) atoms. The maximum absolute atomic E-state index is 13.8. The summed E-state index contributed by atoms with van der Waals surface area (Å²) in [7, 11) is 0. The molecular weight excluding hydrogens is 450 g/mol. The second-order valence-electron chi connectivity index (χ2n) is 10.1. The summed E-state index contributed by atoms with van der Waals surface area (Å²) < 4.78 is 5.35. The number of carbonyl (C=O) groups is 3. The van der Waals surface area contributed by atoms with Crippen LogP contribution in [0.15, 0.2) is 18.2 Å². The molecule has 0 spiro atoms. The lowest BCUT2D eigenvalue weighted by Crippen LogP contribution is -2.54. The molecule has 0 saturated heterocycles. The maximum Gasteiger partial charge on any atom is 0.408 e. The molecule has 0 aromatic heterocycles. The first-order valence-electron chi connectivity index (χ1n) is 12.3. The van der Waals surface area contributed by atoms with Crippen molar-refractivity contribution in [3.63, 3.8) is 0 Å². The van der Waals surface area contributed by atoms with Crippen LogP contribution in [-0.2, 0) is 14.3 Å². The molecule has 7 nitrogen and oxygen atoms in total. The number of rotatable bonds is 11. The third-order valence-corrected chi connectivity index (χ3v) is 6.15. The fraction of sp³-hybridized carbons (Fsp3) is 0.654. The highest BCUT2D eigenvalue weighted by molar-refractivity contribution is 7.80. The normalized spacial score (nSPS) is 15.3. The molecule has 2 atom stereocenters. The van der Waals surface area contributed by atoms with Crippen LogP contribution >= 0.6 is 12.6 Å². The van der Waals surface area contributed by atoms with Crippen LogP contribution in [0.25, 0.3) is 0 Å². The summed E-state index contributed by atoms with van der Waals surface area (Å²) in [5.41, 5.74) is 2.05. The van der Waals surface area contributed by atoms with E-state index < -0.39 is 23.8 Å². The van der Waals surface area contributed by atoms with Gasteiger partial charge < -0.3 is 20.3 Å². The van der Waals surface area contributed by atoms with E-state index in [4.69, 9.17) is 4.74 Å². The molecule has 190 valence electrons. The van der Waals surface area contributed by atoms with E-state index in [1.54, 1.807) is 25.7 Å². The zero-order valence-electron chi connectivity index (χ0n) is 21.4. The zero-order chi connectivity index (χ0) is 25.5. The van der Waals surface area contributed by atoms with Crippen molar-refractivity contribution in [3.8, 4) is 0 Å². The Kier molecular flexibility index (Phi) is 10.3. The van der Waals surface area contributed by atoms with E-state index in [1.807, 2.05) is 32.0 Å². The van der Waals surface area contributed by atoms with Crippen LogP contribution in [0.4, 0.5) is 4.79 Å². The van der Waals surface area contributed by atoms with Crippen LogP contribution in [0, 0.1) is 13.8 Å². The molecule has 2 rings (SSSR count). The van der Waals surface area contributed by atoms with Crippen LogP contribution < -0.4 is 10.6 Å². The first kappa shape index (κ1) is 28.0. The molecule has 1 saturated carbocycles. The number of hydrogen-bond donors (Lipinski definition) is 3. The van der Waals surface area contributed by atoms with Gasteiger partial charge in [0.15, 0.2) is 0 Å². The van der Waals surface area contributed by atoms with Crippen LogP contribution in [0.2, 0.25) is 0 Å². The number of alkyl carbamates (subject to hydrolysis) is 1. The third kappa shape index (κ3) is 7.93. The summed E-state index contributed by atoms with van der Waals surface area (Å²) in [6.07, 6.45) is 3.94. The average molecular weight is 492 g/mol. The van der Waals surface area contributed by atoms with Gasteiger partial charge in [-0.1, -0.05) is 38.0 Å². The van der Waals surface area contributed by atoms with Crippen molar-refractivity contribution in [2.24, 2.45) is 0 Å². The highest BCUT2D eigenvalue weighted by Crippen LogP contribution is 2.37. The second kappa shape index (κ2) is 12.5. The summed E-state index contributed by atoms with van der Waals surface area (Å²) in [6, 6.07) is 4.15. The standard InChI is InChI=1S/C26H41N3O4S/c1-7-8-9-15-27-23(30)22(21-17(2)11-10-12-18(21)3)29(19-13-14-19)24(31)20(16-34)28-25(32)33-26(4,5)6/h10-12,19-20,22,34H,7-9,13-16H2,1-6H3,(H,27,30)(H,28,32). The minimum Gasteiger partial charge on any atom is -0.444 e. The van der Waals surface area contributed by atoms with Gasteiger partial charge in [-0.25, -0.2) is 4.79 Å². The van der Waals surface area contributed by atoms with Gasteiger partial charge in [0.05, 0.1) is 0 Å². The molecule has 0 aliphatic heterocycles. The largest absolute Gasteiger partial charge is 0.444 e. The van der Waals surface area contributed by atoms with Gasteiger partial charge in [0.2, 0.25) is 11.8 Å². The van der Waals surface area contributed by atoms with Crippen molar-refractivity contribution < 1.29 is 19.1 Å². The van der Waals surface area contributed by atoms with Gasteiger partial charge in [0, 0.05) is 18.3 Å². The molecule has 0 heterocycles. The summed E-state index contributed by atoms with van der Waals surface area (Å²) >= 11 is 4.33. The average Bonchev–Trinajstić information content (AvgIpc) is 3.57. The summed E-state index contributed by atoms with van der Waals surface area (Å²) in [4.78, 5) is 41.5. The van der Waals surface area contributed by atoms with Crippen molar-refractivity contribution in [3.05, 3.63) is 34.9 Å². The topological polar surface area (TPSA) is 87.7 Å². The Hall–Kier alpha value is -2.22. The number of benzene rings is 1. The van der Waals surface area contributed by atoms with Gasteiger partial charge >= 0.3 is 6.09 Å². The molecule has 1 aromatic carbocycles. The van der Waals surface area contributed by atoms with E-state index in [-0.39, 0.29) is 23.6 Å². The zero-order valence-corrected chi connectivity index (χ0v) is 22.3. The van der Waals surface area contributed by atoms with Crippen molar-refractivity contribution in [1.29, 1.82) is 0 Å². The number of nitrogens with one attached hydrogen (secondary N) is 2. The predicted octanol–water partition coefficient (Wildman–Crippen LogP) is 4.47. The summed E-state index contributed by atoms with van der Waals surface area (Å²) in [5, 5.41) is 5.71. The number of carbonyl (C=O) groups excluding carboxylic acids is 3. The number of hydrogen-bond acceptors (Lipinski definition) is 5. The van der Waals surface area contributed by atoms with E-state index in [0.29, 0.717) is 6.54 Å². The first-order valence-corrected chi connectivity index (χ1v) is 12.9. The van der Waals surface area contributed by atoms with E-state index in [2.05, 4.69) is 30.2 Å². The van der Waals surface area contributed by atoms with Crippen LogP contribution in [-0.4, -0.2) is 52.8 Å². The highest BCUT2D eigenvalue weighted by atomic mass is 32.1. The molecule has 0 radical (unpaired) electrons. The van der Waals surface area contributed by atoms with Crippen LogP contribution in [0.5, 0.6) is 0 Å². The van der Waals surface area contributed by atoms with Gasteiger partial charge in [-0.15, -0.1) is 0 Å². The van der Waals surface area contributed by atoms with Gasteiger partial charge in [-0.2, -0.15) is 12.6 Å². The Balaban J connectivity index is 2.39. The molecule has 2 unspecified atom stereocenters. The van der Waals surface area contributed by atoms with Crippen molar-refractivity contribution in [2.75, 3.05) is 12.3 Å². The third-order valence-electron chi connectivity index (χ3n) is 5.79. The quantitative estimate of drug-likeness (QED) is 0.315. The molecule has 1 aliphatic rings. The lowest BCUT2D eigenvalue weighted by molar-refractivity contribution is -0.142. The van der Waals surface area contributed by atoms with E-state index >= 15 is 0 Å².